The highest BCUT2D eigenvalue weighted by Crippen LogP contribution is 2.21. The molecule has 1 saturated heterocycles. The molecule has 0 aliphatic carbocycles. The van der Waals surface area contributed by atoms with Crippen LogP contribution in [0.15, 0.2) is 0 Å². The Morgan fingerprint density at radius 2 is 2.31 bits per heavy atom. The van der Waals surface area contributed by atoms with Crippen LogP contribution in [0.3, 0.4) is 0 Å². The Morgan fingerprint density at radius 3 is 2.69 bits per heavy atom. The first kappa shape index (κ1) is 10.3. The highest BCUT2D eigenvalue weighted by molar-refractivity contribution is 5.83. The van der Waals surface area contributed by atoms with Gasteiger partial charge < -0.3 is 10.8 Å². The lowest BCUT2D eigenvalue weighted by Crippen LogP contribution is -2.46. The van der Waals surface area contributed by atoms with Crippen LogP contribution in [0.4, 0.5) is 8.78 Å². The molecule has 1 unspecified atom stereocenters. The van der Waals surface area contributed by atoms with Gasteiger partial charge in [-0.05, 0) is 6.42 Å². The molecule has 0 aromatic carbocycles. The molecule has 0 spiro atoms. The minimum absolute atomic E-state index is 0.0906. The van der Waals surface area contributed by atoms with Crippen LogP contribution in [-0.4, -0.2) is 47.6 Å². The number of β-amino-alcohol motifs (C(OH)–C–C–N with tert-alkyl or cyclic N) is 1. The van der Waals surface area contributed by atoms with Gasteiger partial charge in [-0.2, -0.15) is 0 Å². The Balaban J connectivity index is 2.48. The summed E-state index contributed by atoms with van der Waals surface area (Å²) in [6.45, 7) is -0.230. The topological polar surface area (TPSA) is 66.6 Å². The minimum atomic E-state index is -2.45. The fourth-order valence-electron chi connectivity index (χ4n) is 1.42. The molecule has 1 fully saturated rings. The molecule has 6 heteroatoms. The molecule has 1 amide bonds. The van der Waals surface area contributed by atoms with Crippen molar-refractivity contribution in [3.05, 3.63) is 0 Å². The Hall–Kier alpha value is -0.750. The largest absolute Gasteiger partial charge is 0.379 e. The summed E-state index contributed by atoms with van der Waals surface area (Å²) in [5.41, 5.74) is 3.31. The zero-order chi connectivity index (χ0) is 10.1. The summed E-state index contributed by atoms with van der Waals surface area (Å²) in [5, 5.41) is 9.49. The maximum Gasteiger partial charge on any atom is 0.251 e. The Morgan fingerprint density at radius 1 is 1.69 bits per heavy atom. The molecule has 1 aliphatic heterocycles. The van der Waals surface area contributed by atoms with Crippen LogP contribution < -0.4 is 5.73 Å². The van der Waals surface area contributed by atoms with Gasteiger partial charge in [0, 0.05) is 13.1 Å². The van der Waals surface area contributed by atoms with Gasteiger partial charge in [0.2, 0.25) is 0 Å². The number of hydrogen-bond acceptors (Lipinski definition) is 3. The molecule has 1 heterocycles. The van der Waals surface area contributed by atoms with Crippen LogP contribution >= 0.6 is 0 Å². The van der Waals surface area contributed by atoms with Gasteiger partial charge in [-0.3, -0.25) is 9.69 Å². The zero-order valence-electron chi connectivity index (χ0n) is 7.04. The highest BCUT2D eigenvalue weighted by Gasteiger charge is 2.41. The van der Waals surface area contributed by atoms with Crippen LogP contribution in [0, 0.1) is 0 Å². The summed E-state index contributed by atoms with van der Waals surface area (Å²) in [4.78, 5) is 12.0. The van der Waals surface area contributed by atoms with Gasteiger partial charge in [0.1, 0.15) is 0 Å². The number of nitrogens with zero attached hydrogens (tertiary/aromatic N) is 1. The summed E-state index contributed by atoms with van der Waals surface area (Å²) in [5.74, 6) is -0.843. The summed E-state index contributed by atoms with van der Waals surface area (Å²) >= 11 is 0. The standard InChI is InChI=1S/C7H12F2N2O2/c8-5(9)3-11-2-1-7(13,4-11)6(10)12/h5,13H,1-4H2,(H2,10,12). The lowest BCUT2D eigenvalue weighted by atomic mass is 10.0. The van der Waals surface area contributed by atoms with E-state index in [1.165, 1.54) is 4.90 Å². The highest BCUT2D eigenvalue weighted by atomic mass is 19.3. The van der Waals surface area contributed by atoms with Crippen molar-refractivity contribution in [2.75, 3.05) is 19.6 Å². The summed E-state index contributed by atoms with van der Waals surface area (Å²) < 4.78 is 23.8. The van der Waals surface area contributed by atoms with E-state index in [0.29, 0.717) is 0 Å². The third-order valence-electron chi connectivity index (χ3n) is 2.18. The SMILES string of the molecule is NC(=O)C1(O)CCN(CC(F)F)C1. The molecule has 76 valence electrons. The van der Waals surface area contributed by atoms with Gasteiger partial charge in [0.25, 0.3) is 12.3 Å². The summed E-state index contributed by atoms with van der Waals surface area (Å²) in [6.07, 6.45) is -2.31. The average molecular weight is 194 g/mol. The monoisotopic (exact) mass is 194 g/mol. The van der Waals surface area contributed by atoms with E-state index in [4.69, 9.17) is 5.73 Å². The number of alkyl halides is 2. The van der Waals surface area contributed by atoms with E-state index >= 15 is 0 Å². The molecule has 3 N–H and O–H groups in total. The van der Waals surface area contributed by atoms with Crippen molar-refractivity contribution >= 4 is 5.91 Å². The molecule has 13 heavy (non-hydrogen) atoms. The quantitative estimate of drug-likeness (QED) is 0.616. The van der Waals surface area contributed by atoms with Gasteiger partial charge in [-0.15, -0.1) is 0 Å². The molecular weight excluding hydrogens is 182 g/mol. The first-order chi connectivity index (χ1) is 5.94. The fraction of sp³-hybridized carbons (Fsp3) is 0.857. The third-order valence-corrected chi connectivity index (χ3v) is 2.18. The predicted molar refractivity (Wildman–Crippen MR) is 41.2 cm³/mol. The third kappa shape index (κ3) is 2.35. The minimum Gasteiger partial charge on any atom is -0.379 e. The molecule has 1 aliphatic rings. The number of nitrogens with two attached hydrogens (primary N) is 1. The fourth-order valence-corrected chi connectivity index (χ4v) is 1.42. The van der Waals surface area contributed by atoms with Crippen molar-refractivity contribution < 1.29 is 18.7 Å². The smallest absolute Gasteiger partial charge is 0.251 e. The number of likely N-dealkylation sites (tertiary alicyclic amines) is 1. The second-order valence-corrected chi connectivity index (χ2v) is 3.27. The van der Waals surface area contributed by atoms with Gasteiger partial charge in [-0.25, -0.2) is 8.78 Å². The first-order valence-electron chi connectivity index (χ1n) is 3.97. The van der Waals surface area contributed by atoms with Gasteiger partial charge in [-0.1, -0.05) is 0 Å². The van der Waals surface area contributed by atoms with Gasteiger partial charge >= 0.3 is 0 Å². The zero-order valence-corrected chi connectivity index (χ0v) is 7.04. The molecule has 1 rings (SSSR count). The van der Waals surface area contributed by atoms with Gasteiger partial charge in [0.05, 0.1) is 6.54 Å². The molecule has 0 bridgehead atoms. The number of carbonyl (C=O) groups excluding carboxylic acids is 1. The molecule has 0 radical (unpaired) electrons. The Bertz CT molecular complexity index is 213. The van der Waals surface area contributed by atoms with E-state index in [-0.39, 0.29) is 19.5 Å². The van der Waals surface area contributed by atoms with Crippen LogP contribution in [0.5, 0.6) is 0 Å². The van der Waals surface area contributed by atoms with Crippen LogP contribution in [0.1, 0.15) is 6.42 Å². The second kappa shape index (κ2) is 3.55. The summed E-state index contributed by atoms with van der Waals surface area (Å²) in [7, 11) is 0. The molecule has 1 atom stereocenters. The van der Waals surface area contributed by atoms with Crippen molar-refractivity contribution in [3.8, 4) is 0 Å². The van der Waals surface area contributed by atoms with E-state index in [9.17, 15) is 18.7 Å². The molecule has 0 aromatic rings. The predicted octanol–water partition coefficient (Wildman–Crippen LogP) is -0.826. The number of halogens is 2. The molecule has 0 saturated carbocycles. The number of amides is 1. The molecular formula is C7H12F2N2O2. The van der Waals surface area contributed by atoms with Crippen molar-refractivity contribution in [2.24, 2.45) is 5.73 Å². The number of rotatable bonds is 3. The van der Waals surface area contributed by atoms with E-state index in [1.54, 1.807) is 0 Å². The van der Waals surface area contributed by atoms with E-state index in [2.05, 4.69) is 0 Å². The van der Waals surface area contributed by atoms with Crippen molar-refractivity contribution in [3.63, 3.8) is 0 Å². The Labute approximate surface area is 74.3 Å². The lowest BCUT2D eigenvalue weighted by molar-refractivity contribution is -0.135. The maximum atomic E-state index is 11.9. The van der Waals surface area contributed by atoms with Crippen LogP contribution in [0.2, 0.25) is 0 Å². The number of primary amides is 1. The lowest BCUT2D eigenvalue weighted by Gasteiger charge is -2.19. The normalized spacial score (nSPS) is 29.8. The average Bonchev–Trinajstić information content (AvgIpc) is 2.32. The second-order valence-electron chi connectivity index (χ2n) is 3.27. The van der Waals surface area contributed by atoms with E-state index in [1.807, 2.05) is 0 Å². The van der Waals surface area contributed by atoms with E-state index in [0.717, 1.165) is 0 Å². The number of carbonyl (C=O) groups is 1. The number of aliphatic hydroxyl groups is 1. The Kier molecular flexibility index (Phi) is 2.82. The van der Waals surface area contributed by atoms with Crippen LogP contribution in [-0.2, 0) is 4.79 Å². The van der Waals surface area contributed by atoms with Gasteiger partial charge in [0.15, 0.2) is 5.60 Å². The summed E-state index contributed by atoms with van der Waals surface area (Å²) in [6, 6.07) is 0. The van der Waals surface area contributed by atoms with Crippen molar-refractivity contribution in [2.45, 2.75) is 18.4 Å². The van der Waals surface area contributed by atoms with Crippen molar-refractivity contribution in [1.82, 2.24) is 4.90 Å². The maximum absolute atomic E-state index is 11.9. The molecule has 0 aromatic heterocycles. The molecule has 4 nitrogen and oxygen atoms in total. The first-order valence-corrected chi connectivity index (χ1v) is 3.97. The number of hydrogen-bond donors (Lipinski definition) is 2. The van der Waals surface area contributed by atoms with Crippen LogP contribution in [0.25, 0.3) is 0 Å². The van der Waals surface area contributed by atoms with Crippen molar-refractivity contribution in [1.29, 1.82) is 0 Å². The van der Waals surface area contributed by atoms with E-state index < -0.39 is 24.5 Å².